The molecule has 0 radical (unpaired) electrons. The zero-order valence-corrected chi connectivity index (χ0v) is 28.2. The van der Waals surface area contributed by atoms with Crippen molar-refractivity contribution in [3.05, 3.63) is 111 Å². The second-order valence-corrected chi connectivity index (χ2v) is 14.9. The van der Waals surface area contributed by atoms with E-state index in [0.717, 1.165) is 62.4 Å². The topological polar surface area (TPSA) is 126 Å². The Kier molecular flexibility index (Phi) is 6.58. The normalized spacial score (nSPS) is 21.2. The summed E-state index contributed by atoms with van der Waals surface area (Å²) in [6, 6.07) is 13.4. The van der Waals surface area contributed by atoms with Crippen molar-refractivity contribution in [2.75, 3.05) is 19.0 Å². The summed E-state index contributed by atoms with van der Waals surface area (Å²) in [6.07, 6.45) is 5.91. The smallest absolute Gasteiger partial charge is 0.434 e. The Morgan fingerprint density at radius 1 is 1.08 bits per heavy atom. The summed E-state index contributed by atoms with van der Waals surface area (Å²) in [5.41, 5.74) is 6.97. The minimum absolute atomic E-state index is 0.0516. The number of benzene rings is 2. The molecule has 1 saturated carbocycles. The fraction of sp³-hybridized carbons (Fsp3) is 0.289. The number of hydrogen-bond donors (Lipinski definition) is 2. The molecule has 1 spiro atoms. The molecule has 2 bridgehead atoms. The van der Waals surface area contributed by atoms with E-state index >= 15 is 0 Å². The number of aromatic nitrogens is 4. The van der Waals surface area contributed by atoms with Crippen LogP contribution in [-0.4, -0.2) is 44.6 Å². The number of carbonyl (C=O) groups is 1. The van der Waals surface area contributed by atoms with Crippen LogP contribution >= 0.6 is 11.3 Å². The van der Waals surface area contributed by atoms with Gasteiger partial charge in [0.25, 0.3) is 11.8 Å². The lowest BCUT2D eigenvalue weighted by Gasteiger charge is -2.37. The lowest BCUT2D eigenvalue weighted by atomic mass is 9.71. The lowest BCUT2D eigenvalue weighted by Crippen LogP contribution is -2.40. The molecule has 1 amide bonds. The number of amides is 1. The number of methoxy groups -OCH3 is 1. The van der Waals surface area contributed by atoms with Crippen molar-refractivity contribution in [2.24, 2.45) is 5.92 Å². The third-order valence-electron chi connectivity index (χ3n) is 11.1. The van der Waals surface area contributed by atoms with Crippen LogP contribution in [0.2, 0.25) is 0 Å². The van der Waals surface area contributed by atoms with Gasteiger partial charge in [0.2, 0.25) is 0 Å². The number of aromatic amines is 1. The third-order valence-corrected chi connectivity index (χ3v) is 12.3. The molecule has 13 heteroatoms. The highest BCUT2D eigenvalue weighted by Crippen LogP contribution is 2.63. The Morgan fingerprint density at radius 2 is 1.92 bits per heavy atom. The molecule has 10 nitrogen and oxygen atoms in total. The largest absolute Gasteiger partial charge is 0.493 e. The van der Waals surface area contributed by atoms with Crippen LogP contribution in [0.15, 0.2) is 63.9 Å². The van der Waals surface area contributed by atoms with E-state index in [9.17, 15) is 18.4 Å². The first kappa shape index (κ1) is 30.4. The summed E-state index contributed by atoms with van der Waals surface area (Å²) in [7, 11) is 1.49. The van der Waals surface area contributed by atoms with E-state index in [-0.39, 0.29) is 35.2 Å². The summed E-state index contributed by atoms with van der Waals surface area (Å²) < 4.78 is 40.1. The van der Waals surface area contributed by atoms with Crippen LogP contribution in [0.3, 0.4) is 0 Å². The van der Waals surface area contributed by atoms with Gasteiger partial charge in [-0.15, -0.1) is 16.4 Å². The van der Waals surface area contributed by atoms with Crippen LogP contribution in [0.25, 0.3) is 32.1 Å². The zero-order valence-electron chi connectivity index (χ0n) is 27.4. The first-order chi connectivity index (χ1) is 24.8. The molecule has 7 heterocycles. The highest BCUT2D eigenvalue weighted by molar-refractivity contribution is 7.22. The first-order valence-corrected chi connectivity index (χ1v) is 17.8. The standard InChI is InChI=1S/C38H30F2N6O4S/c1-49-32-22-8-11-24(21(22)7-9-23(32)40)42-26-12-13-41-27-14-28(51-33(26)27)30-29(35-44-45-37(48)50-35)25(10-4-18-2-5-20(39)6-3-18)43-34-31(30)36(47)46-17-19-15-38(34,46)16-19/h2-3,5-7,9,12-14,19,24H,4,8,10-11,15-17H2,1H3,(H,41,42)(H,45,48)/t19?,24-,38?/m1/s1. The number of anilines is 1. The fourth-order valence-electron chi connectivity index (χ4n) is 8.88. The summed E-state index contributed by atoms with van der Waals surface area (Å²) in [5, 5.41) is 10.3. The number of ether oxygens (including phenoxy) is 1. The number of nitrogens with one attached hydrogen (secondary N) is 2. The molecular weight excluding hydrogens is 675 g/mol. The van der Waals surface area contributed by atoms with Crippen molar-refractivity contribution < 1.29 is 22.7 Å². The number of hydrogen-bond acceptors (Lipinski definition) is 9. The van der Waals surface area contributed by atoms with E-state index in [1.807, 2.05) is 23.1 Å². The monoisotopic (exact) mass is 704 g/mol. The van der Waals surface area contributed by atoms with Gasteiger partial charge in [-0.3, -0.25) is 14.8 Å². The summed E-state index contributed by atoms with van der Waals surface area (Å²) >= 11 is 1.49. The van der Waals surface area contributed by atoms with Crippen LogP contribution in [0.5, 0.6) is 5.75 Å². The number of thiophene rings is 1. The van der Waals surface area contributed by atoms with Crippen LogP contribution in [0.4, 0.5) is 14.5 Å². The number of aryl methyl sites for hydroxylation is 2. The second-order valence-electron chi connectivity index (χ2n) is 13.9. The molecule has 2 N–H and O–H groups in total. The van der Waals surface area contributed by atoms with Crippen LogP contribution in [0, 0.1) is 17.6 Å². The molecule has 51 heavy (non-hydrogen) atoms. The lowest BCUT2D eigenvalue weighted by molar-refractivity contribution is 0.0637. The third kappa shape index (κ3) is 4.46. The van der Waals surface area contributed by atoms with Gasteiger partial charge in [0.1, 0.15) is 5.82 Å². The fourth-order valence-corrected chi connectivity index (χ4v) is 10.0. The first-order valence-electron chi connectivity index (χ1n) is 17.0. The summed E-state index contributed by atoms with van der Waals surface area (Å²) in [4.78, 5) is 39.5. The van der Waals surface area contributed by atoms with Gasteiger partial charge < -0.3 is 19.4 Å². The van der Waals surface area contributed by atoms with Gasteiger partial charge in [0.15, 0.2) is 11.6 Å². The van der Waals surface area contributed by atoms with Crippen molar-refractivity contribution in [1.82, 2.24) is 25.1 Å². The zero-order chi connectivity index (χ0) is 34.6. The number of carbonyl (C=O) groups excluding carboxylic acids is 1. The van der Waals surface area contributed by atoms with Gasteiger partial charge in [0, 0.05) is 28.7 Å². The Balaban J connectivity index is 1.14. The van der Waals surface area contributed by atoms with Gasteiger partial charge in [-0.05, 0) is 85.9 Å². The van der Waals surface area contributed by atoms with Gasteiger partial charge >= 0.3 is 5.76 Å². The maximum Gasteiger partial charge on any atom is 0.434 e. The Hall–Kier alpha value is -5.43. The molecule has 1 atom stereocenters. The summed E-state index contributed by atoms with van der Waals surface area (Å²) in [6.45, 7) is 0.686. The maximum absolute atomic E-state index is 14.5. The SMILES string of the molecule is COc1c(F)ccc2c1CC[C@H]2Nc1ccnc2cc(-c3c4c(nc(CCc5ccc(F)cc5)c3-c3n[nH]c(=O)o3)C35CC(CN3C4=O)C5)sc12. The Morgan fingerprint density at radius 3 is 2.71 bits per heavy atom. The van der Waals surface area contributed by atoms with Gasteiger partial charge in [-0.1, -0.05) is 18.2 Å². The van der Waals surface area contributed by atoms with Crippen LogP contribution in [0.1, 0.15) is 63.7 Å². The number of pyridine rings is 2. The van der Waals surface area contributed by atoms with Crippen molar-refractivity contribution in [1.29, 1.82) is 0 Å². The number of rotatable bonds is 8. The number of H-pyrrole nitrogens is 1. The average Bonchev–Trinajstić information content (AvgIpc) is 3.96. The van der Waals surface area contributed by atoms with E-state index < -0.39 is 11.3 Å². The highest BCUT2D eigenvalue weighted by atomic mass is 32.1. The molecule has 2 saturated heterocycles. The van der Waals surface area contributed by atoms with E-state index in [2.05, 4.69) is 15.5 Å². The molecule has 2 aromatic carbocycles. The molecular formula is C38H30F2N6O4S. The quantitative estimate of drug-likeness (QED) is 0.175. The van der Waals surface area contributed by atoms with Crippen LogP contribution in [-0.2, 0) is 24.8 Å². The predicted octanol–water partition coefficient (Wildman–Crippen LogP) is 6.95. The molecule has 4 aromatic heterocycles. The minimum Gasteiger partial charge on any atom is -0.493 e. The van der Waals surface area contributed by atoms with Crippen molar-refractivity contribution >= 4 is 33.1 Å². The van der Waals surface area contributed by atoms with Gasteiger partial charge in [0.05, 0.1) is 57.1 Å². The van der Waals surface area contributed by atoms with Crippen molar-refractivity contribution in [2.45, 2.75) is 50.1 Å². The van der Waals surface area contributed by atoms with Gasteiger partial charge in [-0.25, -0.2) is 18.7 Å². The van der Waals surface area contributed by atoms with Gasteiger partial charge in [-0.2, -0.15) is 0 Å². The molecule has 0 unspecified atom stereocenters. The van der Waals surface area contributed by atoms with Crippen molar-refractivity contribution in [3.8, 4) is 27.6 Å². The molecule has 3 aliphatic heterocycles. The van der Waals surface area contributed by atoms with Crippen LogP contribution < -0.4 is 15.8 Å². The molecule has 256 valence electrons. The number of halogens is 2. The summed E-state index contributed by atoms with van der Waals surface area (Å²) in [5.74, 6) is -0.683. The molecule has 2 aliphatic carbocycles. The molecule has 11 rings (SSSR count). The van der Waals surface area contributed by atoms with E-state index in [1.165, 1.54) is 36.6 Å². The number of nitrogens with zero attached hydrogens (tertiary/aromatic N) is 4. The second kappa shape index (κ2) is 11.0. The molecule has 3 fully saturated rings. The van der Waals surface area contributed by atoms with E-state index in [1.54, 1.807) is 18.3 Å². The number of fused-ring (bicyclic) bond motifs is 3. The highest BCUT2D eigenvalue weighted by Gasteiger charge is 2.65. The van der Waals surface area contributed by atoms with E-state index in [0.29, 0.717) is 54.1 Å². The predicted molar refractivity (Wildman–Crippen MR) is 186 cm³/mol. The molecule has 5 aliphatic rings. The van der Waals surface area contributed by atoms with E-state index in [4.69, 9.17) is 19.1 Å². The minimum atomic E-state index is -0.717. The molecule has 6 aromatic rings. The maximum atomic E-state index is 14.5. The Bertz CT molecular complexity index is 2490. The average molecular weight is 705 g/mol. The Labute approximate surface area is 293 Å². The van der Waals surface area contributed by atoms with Crippen molar-refractivity contribution in [3.63, 3.8) is 0 Å².